The molecule has 24 heavy (non-hydrogen) atoms. The van der Waals surface area contributed by atoms with E-state index in [-0.39, 0.29) is 23.6 Å². The highest BCUT2D eigenvalue weighted by Crippen LogP contribution is 2.28. The van der Waals surface area contributed by atoms with Gasteiger partial charge in [0.15, 0.2) is 0 Å². The van der Waals surface area contributed by atoms with Gasteiger partial charge in [-0.1, -0.05) is 26.0 Å². The zero-order valence-electron chi connectivity index (χ0n) is 14.4. The second kappa shape index (κ2) is 6.36. The Bertz CT molecular complexity index is 643. The Labute approximate surface area is 142 Å². The summed E-state index contributed by atoms with van der Waals surface area (Å²) in [6.07, 6.45) is 0. The first-order valence-corrected chi connectivity index (χ1v) is 8.49. The van der Waals surface area contributed by atoms with Crippen molar-refractivity contribution in [3.8, 4) is 0 Å². The lowest BCUT2D eigenvalue weighted by atomic mass is 10.0. The molecule has 2 aliphatic rings. The van der Waals surface area contributed by atoms with Crippen LogP contribution in [0, 0.1) is 5.92 Å². The van der Waals surface area contributed by atoms with Gasteiger partial charge in [-0.3, -0.25) is 19.3 Å². The van der Waals surface area contributed by atoms with E-state index in [0.717, 1.165) is 13.1 Å². The number of benzene rings is 1. The summed E-state index contributed by atoms with van der Waals surface area (Å²) in [4.78, 5) is 42.8. The smallest absolute Gasteiger partial charge is 0.262 e. The molecule has 0 aliphatic carbocycles. The Morgan fingerprint density at radius 3 is 2.00 bits per heavy atom. The van der Waals surface area contributed by atoms with Gasteiger partial charge in [0.05, 0.1) is 44.4 Å². The quantitative estimate of drug-likeness (QED) is 0.772. The molecule has 0 spiro atoms. The Morgan fingerprint density at radius 1 is 1.04 bits per heavy atom. The Morgan fingerprint density at radius 2 is 1.54 bits per heavy atom. The molecule has 0 bridgehead atoms. The van der Waals surface area contributed by atoms with Crippen LogP contribution in [0.25, 0.3) is 0 Å². The van der Waals surface area contributed by atoms with Gasteiger partial charge in [0, 0.05) is 0 Å². The molecule has 3 rings (SSSR count). The highest BCUT2D eigenvalue weighted by molar-refractivity contribution is 6.22. The normalized spacial score (nSPS) is 19.8. The van der Waals surface area contributed by atoms with Crippen LogP contribution in [0.4, 0.5) is 0 Å². The van der Waals surface area contributed by atoms with Crippen LogP contribution in [0.2, 0.25) is 0 Å². The van der Waals surface area contributed by atoms with Crippen molar-refractivity contribution in [2.75, 3.05) is 33.2 Å². The van der Waals surface area contributed by atoms with E-state index in [1.54, 1.807) is 29.2 Å². The van der Waals surface area contributed by atoms with Gasteiger partial charge in [-0.05, 0) is 18.1 Å². The monoisotopic (exact) mass is 330 g/mol. The summed E-state index contributed by atoms with van der Waals surface area (Å²) in [6, 6.07) is 6.04. The fourth-order valence-electron chi connectivity index (χ4n) is 3.45. The number of likely N-dealkylation sites (N-methyl/N-ethyl adjacent to an activating group) is 1. The van der Waals surface area contributed by atoms with Gasteiger partial charge >= 0.3 is 0 Å². The molecule has 0 aromatic heterocycles. The minimum Gasteiger partial charge on any atom is -0.334 e. The molecule has 6 nitrogen and oxygen atoms in total. The summed E-state index contributed by atoms with van der Waals surface area (Å²) < 4.78 is 0. The number of imide groups is 1. The average Bonchev–Trinajstić information content (AvgIpc) is 2.81. The molecule has 1 aromatic carbocycles. The van der Waals surface area contributed by atoms with E-state index in [4.69, 9.17) is 0 Å². The van der Waals surface area contributed by atoms with Crippen molar-refractivity contribution >= 4 is 17.7 Å². The number of quaternary nitrogens is 1. The molecule has 3 amide bonds. The van der Waals surface area contributed by atoms with Crippen LogP contribution in [-0.2, 0) is 4.79 Å². The summed E-state index contributed by atoms with van der Waals surface area (Å²) in [5.74, 6) is -0.969. The summed E-state index contributed by atoms with van der Waals surface area (Å²) in [7, 11) is 2.10. The van der Waals surface area contributed by atoms with E-state index in [2.05, 4.69) is 7.05 Å². The fraction of sp³-hybridized carbons (Fsp3) is 0.500. The van der Waals surface area contributed by atoms with Gasteiger partial charge in [-0.2, -0.15) is 0 Å². The maximum absolute atomic E-state index is 13.0. The van der Waals surface area contributed by atoms with Gasteiger partial charge in [0.1, 0.15) is 6.04 Å². The first-order chi connectivity index (χ1) is 11.4. The van der Waals surface area contributed by atoms with Crippen molar-refractivity contribution in [2.45, 2.75) is 19.9 Å². The van der Waals surface area contributed by atoms with Crippen LogP contribution in [0.1, 0.15) is 34.6 Å². The third kappa shape index (κ3) is 2.71. The van der Waals surface area contributed by atoms with E-state index < -0.39 is 6.04 Å². The van der Waals surface area contributed by atoms with Crippen molar-refractivity contribution in [3.05, 3.63) is 35.4 Å². The van der Waals surface area contributed by atoms with Crippen LogP contribution in [-0.4, -0.2) is 66.8 Å². The molecule has 1 saturated heterocycles. The van der Waals surface area contributed by atoms with Crippen molar-refractivity contribution in [3.63, 3.8) is 0 Å². The molecule has 2 aliphatic heterocycles. The molecule has 1 N–H and O–H groups in total. The largest absolute Gasteiger partial charge is 0.334 e. The van der Waals surface area contributed by atoms with Gasteiger partial charge < -0.3 is 9.80 Å². The number of hydrogen-bond acceptors (Lipinski definition) is 3. The third-order valence-corrected chi connectivity index (χ3v) is 4.92. The summed E-state index contributed by atoms with van der Waals surface area (Å²) in [5, 5.41) is 0. The maximum atomic E-state index is 13.0. The zero-order valence-corrected chi connectivity index (χ0v) is 14.4. The number of carbonyl (C=O) groups excluding carboxylic acids is 3. The number of amides is 3. The number of piperazine rings is 1. The summed E-state index contributed by atoms with van der Waals surface area (Å²) >= 11 is 0. The minimum atomic E-state index is -0.740. The lowest BCUT2D eigenvalue weighted by Gasteiger charge is -2.36. The predicted molar refractivity (Wildman–Crippen MR) is 88.8 cm³/mol. The standard InChI is InChI=1S/C18H23N3O3/c1-12(2)15(18(24)20-10-8-19(3)9-11-20)21-16(22)13-6-4-5-7-14(13)17(21)23/h4-7,12,15H,8-11H2,1-3H3/p+1/t15-/m0/s1. The van der Waals surface area contributed by atoms with E-state index in [1.165, 1.54) is 9.80 Å². The Hall–Kier alpha value is -2.21. The van der Waals surface area contributed by atoms with Crippen LogP contribution in [0.15, 0.2) is 24.3 Å². The second-order valence-electron chi connectivity index (χ2n) is 7.00. The molecule has 1 aromatic rings. The van der Waals surface area contributed by atoms with Crippen molar-refractivity contribution in [1.29, 1.82) is 0 Å². The number of rotatable bonds is 3. The van der Waals surface area contributed by atoms with Gasteiger partial charge in [0.25, 0.3) is 11.8 Å². The number of carbonyl (C=O) groups is 3. The Kier molecular flexibility index (Phi) is 4.41. The van der Waals surface area contributed by atoms with E-state index in [0.29, 0.717) is 24.2 Å². The number of hydrogen-bond donors (Lipinski definition) is 1. The molecule has 0 saturated carbocycles. The molecule has 1 atom stereocenters. The van der Waals surface area contributed by atoms with Gasteiger partial charge in [-0.25, -0.2) is 0 Å². The Balaban J connectivity index is 1.88. The minimum absolute atomic E-state index is 0.119. The summed E-state index contributed by atoms with van der Waals surface area (Å²) in [5.41, 5.74) is 0.785. The molecule has 2 heterocycles. The van der Waals surface area contributed by atoms with Crippen LogP contribution >= 0.6 is 0 Å². The second-order valence-corrected chi connectivity index (χ2v) is 7.00. The van der Waals surface area contributed by atoms with Gasteiger partial charge in [-0.15, -0.1) is 0 Å². The molecular weight excluding hydrogens is 306 g/mol. The molecule has 6 heteroatoms. The SMILES string of the molecule is CC(C)[C@@H](C(=O)N1CC[NH+](C)CC1)N1C(=O)c2ccccc2C1=O. The molecule has 0 radical (unpaired) electrons. The van der Waals surface area contributed by atoms with E-state index >= 15 is 0 Å². The van der Waals surface area contributed by atoms with Crippen molar-refractivity contribution < 1.29 is 19.3 Å². The lowest BCUT2D eigenvalue weighted by Crippen LogP contribution is -3.12. The van der Waals surface area contributed by atoms with Crippen LogP contribution in [0.3, 0.4) is 0 Å². The molecule has 1 fully saturated rings. The van der Waals surface area contributed by atoms with Crippen molar-refractivity contribution in [2.24, 2.45) is 5.92 Å². The van der Waals surface area contributed by atoms with E-state index in [1.807, 2.05) is 13.8 Å². The highest BCUT2D eigenvalue weighted by Gasteiger charge is 2.45. The van der Waals surface area contributed by atoms with Crippen molar-refractivity contribution in [1.82, 2.24) is 9.80 Å². The topological polar surface area (TPSA) is 62.1 Å². The third-order valence-electron chi connectivity index (χ3n) is 4.92. The van der Waals surface area contributed by atoms with Gasteiger partial charge in [0.2, 0.25) is 5.91 Å². The zero-order chi connectivity index (χ0) is 17.4. The first-order valence-electron chi connectivity index (χ1n) is 8.49. The predicted octanol–water partition coefficient (Wildman–Crippen LogP) is -0.336. The number of nitrogens with zero attached hydrogens (tertiary/aromatic N) is 2. The van der Waals surface area contributed by atoms with Crippen LogP contribution in [0.5, 0.6) is 0 Å². The van der Waals surface area contributed by atoms with E-state index in [9.17, 15) is 14.4 Å². The average molecular weight is 330 g/mol. The maximum Gasteiger partial charge on any atom is 0.262 e. The first kappa shape index (κ1) is 16.6. The lowest BCUT2D eigenvalue weighted by molar-refractivity contribution is -0.883. The number of nitrogens with one attached hydrogen (secondary N) is 1. The summed E-state index contributed by atoms with van der Waals surface area (Å²) in [6.45, 7) is 6.87. The molecule has 128 valence electrons. The highest BCUT2D eigenvalue weighted by atomic mass is 16.2. The molecular formula is C18H24N3O3+. The molecule has 0 unspecified atom stereocenters. The fourth-order valence-corrected chi connectivity index (χ4v) is 3.45. The van der Waals surface area contributed by atoms with Crippen LogP contribution < -0.4 is 4.90 Å². The number of fused-ring (bicyclic) bond motifs is 1.